The normalized spacial score (nSPS) is 12.5. The number of rotatable bonds is 14. The zero-order valence-corrected chi connectivity index (χ0v) is 16.1. The molecule has 0 heterocycles. The van der Waals surface area contributed by atoms with Crippen molar-refractivity contribution in [2.45, 2.75) is 50.6 Å². The fourth-order valence-electron chi connectivity index (χ4n) is 2.40. The number of hydrogen-bond acceptors (Lipinski definition) is 7. The highest BCUT2D eigenvalue weighted by Gasteiger charge is 2.29. The Morgan fingerprint density at radius 2 is 1.32 bits per heavy atom. The molecule has 0 aliphatic heterocycles. The van der Waals surface area contributed by atoms with Crippen molar-refractivity contribution in [1.82, 2.24) is 15.5 Å². The summed E-state index contributed by atoms with van der Waals surface area (Å²) in [7, 11) is 0. The first-order valence-corrected chi connectivity index (χ1v) is 9.16. The first-order valence-electron chi connectivity index (χ1n) is 9.16. The molecular weight excluding hydrogens is 366 g/mol. The molecule has 2 atom stereocenters. The summed E-state index contributed by atoms with van der Waals surface area (Å²) < 4.78 is 0. The predicted molar refractivity (Wildman–Crippen MR) is 106 cm³/mol. The van der Waals surface area contributed by atoms with E-state index < -0.39 is 23.9 Å². The van der Waals surface area contributed by atoms with Crippen LogP contribution in [-0.4, -0.2) is 66.6 Å². The number of nitrogens with one attached hydrogen (secondary N) is 4. The van der Waals surface area contributed by atoms with Gasteiger partial charge < -0.3 is 38.4 Å². The lowest BCUT2D eigenvalue weighted by atomic mass is 10.1. The van der Waals surface area contributed by atoms with Gasteiger partial charge in [-0.25, -0.2) is 0 Å². The molecule has 0 aliphatic carbocycles. The van der Waals surface area contributed by atoms with Gasteiger partial charge >= 0.3 is 0 Å². The van der Waals surface area contributed by atoms with Crippen molar-refractivity contribution < 1.29 is 14.4 Å². The van der Waals surface area contributed by atoms with Crippen molar-refractivity contribution >= 4 is 30.0 Å². The topological polar surface area (TPSA) is 230 Å². The average molecular weight is 400 g/mol. The van der Waals surface area contributed by atoms with Gasteiger partial charge in [0.2, 0.25) is 11.8 Å². The molecule has 160 valence electrons. The van der Waals surface area contributed by atoms with Gasteiger partial charge in [-0.05, 0) is 32.1 Å². The molecule has 0 fully saturated rings. The second-order valence-corrected chi connectivity index (χ2v) is 6.32. The Labute approximate surface area is 164 Å². The van der Waals surface area contributed by atoms with Gasteiger partial charge in [0.25, 0.3) is 0 Å². The molecule has 0 unspecified atom stereocenters. The van der Waals surface area contributed by atoms with Crippen molar-refractivity contribution in [3.8, 4) is 0 Å². The minimum absolute atomic E-state index is 0.0647. The lowest BCUT2D eigenvalue weighted by Crippen LogP contribution is -2.52. The molecule has 0 spiro atoms. The van der Waals surface area contributed by atoms with Crippen LogP contribution < -0.4 is 33.6 Å². The van der Waals surface area contributed by atoms with Crippen molar-refractivity contribution in [3.05, 3.63) is 0 Å². The highest BCUT2D eigenvalue weighted by molar-refractivity contribution is 5.99. The summed E-state index contributed by atoms with van der Waals surface area (Å²) in [6, 6.07) is -1.80. The first kappa shape index (κ1) is 25.3. The standard InChI is InChI=1S/C16H33N9O3/c17-11(5-3-7-23-15(19)20)13(27)25(9-1-2-10-26)14(28)12(18)6-4-8-24-16(21)22/h10-12H,1-9,17-18H2,(H4,19,20,23)(H4,21,22,24)/t11-,12-/m1/s1. The minimum atomic E-state index is -0.902. The third-order valence-corrected chi connectivity index (χ3v) is 3.88. The van der Waals surface area contributed by atoms with E-state index in [-0.39, 0.29) is 24.9 Å². The third kappa shape index (κ3) is 11.1. The van der Waals surface area contributed by atoms with Crippen molar-refractivity contribution in [1.29, 1.82) is 10.8 Å². The molecule has 12 heteroatoms. The van der Waals surface area contributed by atoms with Crippen LogP contribution in [0.4, 0.5) is 0 Å². The number of nitrogens with two attached hydrogens (primary N) is 4. The highest BCUT2D eigenvalue weighted by Crippen LogP contribution is 2.07. The van der Waals surface area contributed by atoms with Gasteiger partial charge in [0, 0.05) is 26.1 Å². The number of guanidine groups is 2. The zero-order chi connectivity index (χ0) is 21.5. The molecular formula is C16H33N9O3. The summed E-state index contributed by atoms with van der Waals surface area (Å²) in [5.41, 5.74) is 22.2. The minimum Gasteiger partial charge on any atom is -0.370 e. The molecule has 0 aromatic carbocycles. The van der Waals surface area contributed by atoms with E-state index in [1.54, 1.807) is 0 Å². The average Bonchev–Trinajstić information content (AvgIpc) is 2.64. The third-order valence-electron chi connectivity index (χ3n) is 3.88. The number of hydrogen-bond donors (Lipinski definition) is 8. The van der Waals surface area contributed by atoms with Gasteiger partial charge in [-0.15, -0.1) is 0 Å². The number of carbonyl (C=O) groups is 3. The van der Waals surface area contributed by atoms with Crippen molar-refractivity contribution in [2.24, 2.45) is 22.9 Å². The van der Waals surface area contributed by atoms with E-state index >= 15 is 0 Å². The Bertz CT molecular complexity index is 501. The zero-order valence-electron chi connectivity index (χ0n) is 16.1. The quantitative estimate of drug-likeness (QED) is 0.0666. The van der Waals surface area contributed by atoms with Gasteiger partial charge in [-0.2, -0.15) is 0 Å². The molecule has 12 nitrogen and oxygen atoms in total. The Morgan fingerprint density at radius 1 is 0.893 bits per heavy atom. The molecule has 2 amide bonds. The summed E-state index contributed by atoms with van der Waals surface area (Å²) >= 11 is 0. The Kier molecular flexibility index (Phi) is 12.9. The van der Waals surface area contributed by atoms with Crippen LogP contribution in [0.25, 0.3) is 0 Å². The van der Waals surface area contributed by atoms with Crippen LogP contribution in [0, 0.1) is 10.8 Å². The summed E-state index contributed by atoms with van der Waals surface area (Å²) in [6.07, 6.45) is 2.85. The molecule has 0 bridgehead atoms. The van der Waals surface area contributed by atoms with Gasteiger partial charge in [0.15, 0.2) is 11.9 Å². The van der Waals surface area contributed by atoms with E-state index in [0.29, 0.717) is 51.5 Å². The molecule has 0 radical (unpaired) electrons. The number of amides is 2. The molecule has 12 N–H and O–H groups in total. The van der Waals surface area contributed by atoms with E-state index in [9.17, 15) is 14.4 Å². The van der Waals surface area contributed by atoms with Crippen LogP contribution in [0.3, 0.4) is 0 Å². The van der Waals surface area contributed by atoms with E-state index in [1.165, 1.54) is 0 Å². The largest absolute Gasteiger partial charge is 0.370 e. The number of carbonyl (C=O) groups excluding carboxylic acids is 3. The Hall–Kier alpha value is -2.73. The van der Waals surface area contributed by atoms with Gasteiger partial charge in [0.05, 0.1) is 12.1 Å². The second-order valence-electron chi connectivity index (χ2n) is 6.32. The fraction of sp³-hybridized carbons (Fsp3) is 0.688. The predicted octanol–water partition coefficient (Wildman–Crippen LogP) is -2.50. The maximum Gasteiger partial charge on any atom is 0.246 e. The van der Waals surface area contributed by atoms with Gasteiger partial charge in [0.1, 0.15) is 6.29 Å². The fourth-order valence-corrected chi connectivity index (χ4v) is 2.40. The highest BCUT2D eigenvalue weighted by atomic mass is 16.2. The van der Waals surface area contributed by atoms with Crippen LogP contribution in [0.5, 0.6) is 0 Å². The lowest BCUT2D eigenvalue weighted by molar-refractivity contribution is -0.147. The Balaban J connectivity index is 4.75. The lowest BCUT2D eigenvalue weighted by Gasteiger charge is -2.26. The van der Waals surface area contributed by atoms with Gasteiger partial charge in [-0.1, -0.05) is 0 Å². The van der Waals surface area contributed by atoms with E-state index in [4.69, 9.17) is 33.8 Å². The van der Waals surface area contributed by atoms with Crippen molar-refractivity contribution in [2.75, 3.05) is 19.6 Å². The molecule has 0 rings (SSSR count). The second kappa shape index (κ2) is 14.3. The van der Waals surface area contributed by atoms with E-state index in [2.05, 4.69) is 10.6 Å². The number of imide groups is 1. The van der Waals surface area contributed by atoms with Crippen LogP contribution in [0.1, 0.15) is 38.5 Å². The Morgan fingerprint density at radius 3 is 1.68 bits per heavy atom. The summed E-state index contributed by atoms with van der Waals surface area (Å²) in [5.74, 6) is -1.43. The SMILES string of the molecule is N=C(N)NCCC[C@@H](N)C(=O)N(CCCC=O)C(=O)[C@H](N)CCCNC(=N)N. The van der Waals surface area contributed by atoms with E-state index in [1.807, 2.05) is 0 Å². The molecule has 0 saturated heterocycles. The maximum absolute atomic E-state index is 12.6. The summed E-state index contributed by atoms with van der Waals surface area (Å²) in [5, 5.41) is 19.4. The number of unbranched alkanes of at least 4 members (excludes halogenated alkanes) is 1. The molecule has 28 heavy (non-hydrogen) atoms. The number of nitrogens with zero attached hydrogens (tertiary/aromatic N) is 1. The van der Waals surface area contributed by atoms with Crippen LogP contribution in [-0.2, 0) is 14.4 Å². The molecule has 0 aromatic heterocycles. The van der Waals surface area contributed by atoms with Gasteiger partial charge in [-0.3, -0.25) is 25.3 Å². The van der Waals surface area contributed by atoms with Crippen LogP contribution in [0.15, 0.2) is 0 Å². The maximum atomic E-state index is 12.6. The smallest absolute Gasteiger partial charge is 0.246 e. The summed E-state index contributed by atoms with van der Waals surface area (Å²) in [6.45, 7) is 0.839. The monoisotopic (exact) mass is 399 g/mol. The first-order chi connectivity index (χ1) is 13.2. The summed E-state index contributed by atoms with van der Waals surface area (Å²) in [4.78, 5) is 36.8. The van der Waals surface area contributed by atoms with Crippen LogP contribution in [0.2, 0.25) is 0 Å². The van der Waals surface area contributed by atoms with E-state index in [0.717, 1.165) is 4.90 Å². The number of aldehydes is 1. The van der Waals surface area contributed by atoms with Crippen molar-refractivity contribution in [3.63, 3.8) is 0 Å². The van der Waals surface area contributed by atoms with Crippen LogP contribution >= 0.6 is 0 Å². The molecule has 0 saturated carbocycles. The molecule has 0 aromatic rings. The molecule has 0 aliphatic rings.